The van der Waals surface area contributed by atoms with Crippen molar-refractivity contribution >= 4 is 111 Å². The third-order valence-corrected chi connectivity index (χ3v) is 26.1. The SMILES string of the molecule is CC/C(C)=C\CCC(C)C(CC)C(CC(=O)Nc1ccc(N(C)C)cc1)C(=O)O.CC/C(C)=C\CCC(C)C(CCC(C)C(CC)C(CC(=O)Nc1ccc(C(C)=O)cc1)C(=O)O)C(CC(=O)Nc1ccc(N(C)C)cc1)C(=O)O.CC/C(C)=C\CCC(C)C(CCC(C)C(CC)C(CC(=O)Nc1ccc(C(C)=O)cc1)C(=O)O)C(CC(=O)Nc1ccc(OC)cc1)C(=O)O. The van der Waals surface area contributed by atoms with Gasteiger partial charge in [-0.3, -0.25) is 57.5 Å². The number of ketones is 2. The highest BCUT2D eigenvalue weighted by Crippen LogP contribution is 2.41. The van der Waals surface area contributed by atoms with Crippen molar-refractivity contribution in [1.82, 2.24) is 0 Å². The van der Waals surface area contributed by atoms with Crippen LogP contribution in [0.2, 0.25) is 0 Å². The quantitative estimate of drug-likeness (QED) is 0.0128. The van der Waals surface area contributed by atoms with Gasteiger partial charge in [0.2, 0.25) is 29.5 Å². The second-order valence-electron chi connectivity index (χ2n) is 35.9. The van der Waals surface area contributed by atoms with Gasteiger partial charge in [0.05, 0.1) is 36.7 Å². The van der Waals surface area contributed by atoms with E-state index in [1.165, 1.54) is 30.6 Å². The second-order valence-corrected chi connectivity index (χ2v) is 35.9. The molecule has 0 aromatic heterocycles. The summed E-state index contributed by atoms with van der Waals surface area (Å²) >= 11 is 0. The lowest BCUT2D eigenvalue weighted by molar-refractivity contribution is -0.147. The number of anilines is 7. The fraction of sp³-hybridized carbons (Fsp3) is 0.543. The summed E-state index contributed by atoms with van der Waals surface area (Å²) in [7, 11) is 9.31. The molecule has 15 unspecified atom stereocenters. The van der Waals surface area contributed by atoms with Gasteiger partial charge in [-0.2, -0.15) is 0 Å². The molecule has 0 saturated heterocycles. The molecule has 0 radical (unpaired) electrons. The number of allylic oxidation sites excluding steroid dienone is 6. The van der Waals surface area contributed by atoms with Crippen molar-refractivity contribution in [2.24, 2.45) is 88.8 Å². The highest BCUT2D eigenvalue weighted by atomic mass is 16.5. The molecule has 0 fully saturated rings. The molecule has 25 nitrogen and oxygen atoms in total. The van der Waals surface area contributed by atoms with Gasteiger partial charge < -0.3 is 66.7 Å². The molecular weight excluding hydrogens is 1650 g/mol. The lowest BCUT2D eigenvalue weighted by atomic mass is 9.71. The van der Waals surface area contributed by atoms with E-state index >= 15 is 0 Å². The Bertz CT molecular complexity index is 4480. The van der Waals surface area contributed by atoms with Gasteiger partial charge in [-0.15, -0.1) is 0 Å². The molecule has 0 saturated carbocycles. The first kappa shape index (κ1) is 113. The summed E-state index contributed by atoms with van der Waals surface area (Å²) in [6, 6.07) is 34.6. The number of aliphatic carboxylic acids is 5. The molecule has 5 amide bonds. The van der Waals surface area contributed by atoms with Gasteiger partial charge >= 0.3 is 29.8 Å². The van der Waals surface area contributed by atoms with Crippen LogP contribution in [0.1, 0.15) is 266 Å². The zero-order valence-corrected chi connectivity index (χ0v) is 81.2. The first-order valence-corrected chi connectivity index (χ1v) is 46.5. The second kappa shape index (κ2) is 59.1. The van der Waals surface area contributed by atoms with Gasteiger partial charge in [0.1, 0.15) is 5.75 Å². The summed E-state index contributed by atoms with van der Waals surface area (Å²) < 4.78 is 5.18. The van der Waals surface area contributed by atoms with Crippen molar-refractivity contribution < 1.29 is 87.8 Å². The van der Waals surface area contributed by atoms with Gasteiger partial charge in [-0.05, 0) is 286 Å². The number of carbonyl (C=O) groups excluding carboxylic acids is 7. The topological polar surface area (TPSA) is 382 Å². The van der Waals surface area contributed by atoms with Crippen LogP contribution in [0, 0.1) is 88.8 Å². The molecule has 716 valence electrons. The maximum absolute atomic E-state index is 13.2. The Morgan fingerprint density at radius 3 is 0.715 bits per heavy atom. The monoisotopic (exact) mass is 1800 g/mol. The first-order chi connectivity index (χ1) is 61.5. The van der Waals surface area contributed by atoms with Crippen LogP contribution in [0.25, 0.3) is 0 Å². The average Bonchev–Trinajstić information content (AvgIpc) is 0.778. The Labute approximate surface area is 773 Å². The summed E-state index contributed by atoms with van der Waals surface area (Å²) in [4.78, 5) is 155. The predicted octanol–water partition coefficient (Wildman–Crippen LogP) is 22.6. The first-order valence-electron chi connectivity index (χ1n) is 46.5. The Morgan fingerprint density at radius 2 is 0.515 bits per heavy atom. The van der Waals surface area contributed by atoms with E-state index < -0.39 is 77.2 Å². The van der Waals surface area contributed by atoms with Crippen LogP contribution in [-0.4, -0.2) is 132 Å². The zero-order valence-electron chi connectivity index (χ0n) is 81.2. The molecule has 0 bridgehead atoms. The number of carboxylic acids is 5. The molecule has 25 heteroatoms. The standard InChI is InChI=1S/C41H59N3O7.C40H56N2O8.C24H38N2O3/c1-9-26(3)12-11-13-27(4)35(37(41(50)51)25-39(47)43-32-19-21-33(22-20-32)44(7)8)23-14-28(5)34(10-2)36(40(48)49)24-38(46)42-31-17-15-30(16-18-31)29(6)45;1-8-25(3)11-10-12-26(4)34(36(40(48)49)24-38(45)42-31-18-20-32(50-7)21-19-31)22-13-27(5)33(9-2)35(39(46)47)23-37(44)41-30-16-14-29(15-17-30)28(6)43;1-7-17(3)10-9-11-18(4)21(8-2)22(24(28)29)16-23(27)25-19-12-14-20(15-13-19)26(5)6/h12,15-22,27-28,34-37H,9-11,13-14,23-25H2,1-8H3,(H,42,46)(H,43,47)(H,48,49)(H,50,51);11,14-21,26-27,33-36H,8-10,12-13,22-24H2,1-7H3,(H,41,44)(H,42,45)(H,46,47)(H,48,49);10,12-15,18,21-22H,7-9,11,16H2,1-6H3,(H,25,27)(H,28,29)/b26-12-;25-11-;17-10-. The number of hydrogen-bond donors (Lipinski definition) is 10. The normalized spacial score (nSPS) is 15.0. The largest absolute Gasteiger partial charge is 0.497 e. The van der Waals surface area contributed by atoms with Crippen LogP contribution in [-0.2, 0) is 47.9 Å². The number of nitrogens with one attached hydrogen (secondary N) is 5. The van der Waals surface area contributed by atoms with E-state index in [-0.39, 0.29) is 115 Å². The summed E-state index contributed by atoms with van der Waals surface area (Å²) in [6.45, 7) is 31.4. The van der Waals surface area contributed by atoms with E-state index in [9.17, 15) is 83.1 Å². The smallest absolute Gasteiger partial charge is 0.307 e. The van der Waals surface area contributed by atoms with E-state index in [0.29, 0.717) is 83.8 Å². The summed E-state index contributed by atoms with van der Waals surface area (Å²) in [5.41, 5.74) is 9.70. The number of carboxylic acid groups (broad SMARTS) is 5. The molecule has 0 heterocycles. The third kappa shape index (κ3) is 40.4. The number of ether oxygens (including phenoxy) is 1. The van der Waals surface area contributed by atoms with Gasteiger partial charge in [-0.1, -0.05) is 143 Å². The maximum atomic E-state index is 13.2. The Balaban J connectivity index is 0.000000522. The lowest BCUT2D eigenvalue weighted by Gasteiger charge is -2.33. The average molecular weight is 1800 g/mol. The van der Waals surface area contributed by atoms with Crippen molar-refractivity contribution in [1.29, 1.82) is 0 Å². The van der Waals surface area contributed by atoms with Crippen molar-refractivity contribution in [3.8, 4) is 5.75 Å². The lowest BCUT2D eigenvalue weighted by Crippen LogP contribution is -2.34. The summed E-state index contributed by atoms with van der Waals surface area (Å²) in [5.74, 6) is -12.4. The number of amides is 5. The van der Waals surface area contributed by atoms with Gasteiger partial charge in [-0.25, -0.2) is 0 Å². The molecule has 5 aromatic carbocycles. The molecule has 0 aliphatic carbocycles. The minimum atomic E-state index is -1.06. The van der Waals surface area contributed by atoms with Crippen LogP contribution >= 0.6 is 0 Å². The zero-order chi connectivity index (χ0) is 97.6. The summed E-state index contributed by atoms with van der Waals surface area (Å²) in [5, 5.41) is 65.2. The number of nitrogens with zero attached hydrogens (tertiary/aromatic N) is 2. The van der Waals surface area contributed by atoms with E-state index in [0.717, 1.165) is 75.6 Å². The molecule has 5 aromatic rings. The fourth-order valence-electron chi connectivity index (χ4n) is 17.3. The minimum absolute atomic E-state index is 0.00254. The minimum Gasteiger partial charge on any atom is -0.497 e. The molecule has 10 N–H and O–H groups in total. The Kier molecular flexibility index (Phi) is 51.4. The maximum Gasteiger partial charge on any atom is 0.307 e. The molecule has 0 spiro atoms. The molecule has 0 aliphatic heterocycles. The third-order valence-electron chi connectivity index (χ3n) is 26.1. The van der Waals surface area contributed by atoms with Crippen molar-refractivity contribution in [3.05, 3.63) is 167 Å². The van der Waals surface area contributed by atoms with Gasteiger partial charge in [0.15, 0.2) is 11.6 Å². The predicted molar refractivity (Wildman–Crippen MR) is 522 cm³/mol. The highest BCUT2D eigenvalue weighted by molar-refractivity contribution is 5.99. The van der Waals surface area contributed by atoms with Crippen molar-refractivity contribution in [2.75, 3.05) is 71.7 Å². The number of rotatable bonds is 56. The number of hydrogen-bond acceptors (Lipinski definition) is 15. The van der Waals surface area contributed by atoms with Gasteiger partial charge in [0.25, 0.3) is 0 Å². The highest BCUT2D eigenvalue weighted by Gasteiger charge is 2.40. The van der Waals surface area contributed by atoms with Crippen molar-refractivity contribution in [2.45, 2.75) is 246 Å². The van der Waals surface area contributed by atoms with E-state index in [1.54, 1.807) is 92.0 Å². The fourth-order valence-corrected chi connectivity index (χ4v) is 17.3. The molecular formula is C105H153N7O18. The number of Topliss-reactive ketones (excluding diaryl/α,β-unsaturated/α-hetero) is 2. The van der Waals surface area contributed by atoms with Gasteiger partial charge in [0, 0.05) is 111 Å². The number of benzene rings is 5. The molecule has 130 heavy (non-hydrogen) atoms. The van der Waals surface area contributed by atoms with E-state index in [4.69, 9.17) is 4.74 Å². The van der Waals surface area contributed by atoms with Crippen molar-refractivity contribution in [3.63, 3.8) is 0 Å². The number of methoxy groups -OCH3 is 1. The van der Waals surface area contributed by atoms with E-state index in [1.807, 2.05) is 123 Å². The Hall–Kier alpha value is -11.2. The molecule has 0 aliphatic rings. The Morgan fingerprint density at radius 1 is 0.308 bits per heavy atom. The van der Waals surface area contributed by atoms with Crippen LogP contribution < -0.4 is 41.1 Å². The van der Waals surface area contributed by atoms with Crippen LogP contribution in [0.5, 0.6) is 5.75 Å². The number of carbonyl (C=O) groups is 12. The van der Waals surface area contributed by atoms with E-state index in [2.05, 4.69) is 93.3 Å². The summed E-state index contributed by atoms with van der Waals surface area (Å²) in [6.07, 6.45) is 17.6. The molecule has 15 atom stereocenters. The van der Waals surface area contributed by atoms with Crippen LogP contribution in [0.15, 0.2) is 156 Å². The van der Waals surface area contributed by atoms with Crippen LogP contribution in [0.4, 0.5) is 39.8 Å². The molecule has 5 rings (SSSR count). The van der Waals surface area contributed by atoms with Crippen LogP contribution in [0.3, 0.4) is 0 Å².